The van der Waals surface area contributed by atoms with Crippen LogP contribution in [0.5, 0.6) is 0 Å². The first-order valence-corrected chi connectivity index (χ1v) is 9.24. The maximum Gasteiger partial charge on any atom is 0.337 e. The smallest absolute Gasteiger partial charge is 0.337 e. The summed E-state index contributed by atoms with van der Waals surface area (Å²) in [6, 6.07) is 5.77. The van der Waals surface area contributed by atoms with E-state index in [1.165, 1.54) is 31.4 Å². The van der Waals surface area contributed by atoms with Gasteiger partial charge in [0.2, 0.25) is 10.0 Å². The highest BCUT2D eigenvalue weighted by Crippen LogP contribution is 2.49. The summed E-state index contributed by atoms with van der Waals surface area (Å²) in [7, 11) is -2.30. The van der Waals surface area contributed by atoms with Gasteiger partial charge in [-0.3, -0.25) is 0 Å². The van der Waals surface area contributed by atoms with Gasteiger partial charge in [-0.15, -0.1) is 0 Å². The van der Waals surface area contributed by atoms with Gasteiger partial charge in [0.15, 0.2) is 0 Å². The number of ether oxygens (including phenoxy) is 2. The summed E-state index contributed by atoms with van der Waals surface area (Å²) >= 11 is 0. The normalized spacial score (nSPS) is 23.3. The predicted molar refractivity (Wildman–Crippen MR) is 83.6 cm³/mol. The van der Waals surface area contributed by atoms with Crippen molar-refractivity contribution in [3.8, 4) is 0 Å². The van der Waals surface area contributed by atoms with Crippen LogP contribution < -0.4 is 4.72 Å². The molecule has 0 bridgehead atoms. The number of carbonyl (C=O) groups excluding carboxylic acids is 1. The SMILES string of the molecule is COC(=O)c1ccc(S(=O)(=O)NC2CCC23CCOCC3)cc1. The van der Waals surface area contributed by atoms with Gasteiger partial charge in [0.1, 0.15) is 0 Å². The molecule has 3 rings (SSSR count). The Kier molecular flexibility index (Phi) is 4.44. The summed E-state index contributed by atoms with van der Waals surface area (Å²) in [6.07, 6.45) is 3.72. The number of nitrogens with one attached hydrogen (secondary N) is 1. The fourth-order valence-corrected chi connectivity index (χ4v) is 4.77. The molecule has 1 heterocycles. The molecule has 1 unspecified atom stereocenters. The molecule has 1 aromatic rings. The average molecular weight is 339 g/mol. The summed E-state index contributed by atoms with van der Waals surface area (Å²) in [5.74, 6) is -0.484. The molecule has 126 valence electrons. The molecule has 1 atom stereocenters. The zero-order valence-corrected chi connectivity index (χ0v) is 13.9. The zero-order valence-electron chi connectivity index (χ0n) is 13.1. The van der Waals surface area contributed by atoms with Gasteiger partial charge in [-0.05, 0) is 55.4 Å². The number of hydrogen-bond donors (Lipinski definition) is 1. The Morgan fingerprint density at radius 3 is 2.39 bits per heavy atom. The summed E-state index contributed by atoms with van der Waals surface area (Å²) in [4.78, 5) is 11.6. The Labute approximate surface area is 136 Å². The molecule has 1 N–H and O–H groups in total. The van der Waals surface area contributed by atoms with Gasteiger partial charge in [0.05, 0.1) is 17.6 Å². The molecular weight excluding hydrogens is 318 g/mol. The Bertz CT molecular complexity index is 677. The van der Waals surface area contributed by atoms with E-state index in [2.05, 4.69) is 9.46 Å². The molecular formula is C16H21NO5S. The van der Waals surface area contributed by atoms with Gasteiger partial charge in [0.25, 0.3) is 0 Å². The Hall–Kier alpha value is -1.44. The van der Waals surface area contributed by atoms with Crippen LogP contribution in [0.15, 0.2) is 29.2 Å². The highest BCUT2D eigenvalue weighted by Gasteiger charge is 2.48. The molecule has 1 spiro atoms. The first-order valence-electron chi connectivity index (χ1n) is 7.75. The Balaban J connectivity index is 1.73. The minimum atomic E-state index is -3.59. The van der Waals surface area contributed by atoms with Crippen molar-refractivity contribution in [3.05, 3.63) is 29.8 Å². The number of hydrogen-bond acceptors (Lipinski definition) is 5. The van der Waals surface area contributed by atoms with Crippen LogP contribution >= 0.6 is 0 Å². The lowest BCUT2D eigenvalue weighted by Crippen LogP contribution is -2.57. The third-order valence-electron chi connectivity index (χ3n) is 5.04. The van der Waals surface area contributed by atoms with E-state index in [1.54, 1.807) is 0 Å². The van der Waals surface area contributed by atoms with E-state index in [-0.39, 0.29) is 16.4 Å². The first kappa shape index (κ1) is 16.4. The van der Waals surface area contributed by atoms with Crippen molar-refractivity contribution in [2.45, 2.75) is 36.6 Å². The molecule has 2 fully saturated rings. The standard InChI is InChI=1S/C16H21NO5S/c1-21-15(18)12-2-4-13(5-3-12)23(19,20)17-14-6-7-16(14)8-10-22-11-9-16/h2-5,14,17H,6-11H2,1H3. The van der Waals surface area contributed by atoms with Crippen LogP contribution in [-0.4, -0.2) is 40.8 Å². The van der Waals surface area contributed by atoms with E-state index in [4.69, 9.17) is 4.74 Å². The van der Waals surface area contributed by atoms with E-state index >= 15 is 0 Å². The lowest BCUT2D eigenvalue weighted by Gasteiger charge is -2.51. The highest BCUT2D eigenvalue weighted by molar-refractivity contribution is 7.89. The van der Waals surface area contributed by atoms with Crippen molar-refractivity contribution < 1.29 is 22.7 Å². The largest absolute Gasteiger partial charge is 0.465 e. The molecule has 7 heteroatoms. The maximum atomic E-state index is 12.6. The van der Waals surface area contributed by atoms with Crippen molar-refractivity contribution in [2.75, 3.05) is 20.3 Å². The molecule has 6 nitrogen and oxygen atoms in total. The van der Waals surface area contributed by atoms with Crippen LogP contribution in [0.3, 0.4) is 0 Å². The van der Waals surface area contributed by atoms with E-state index in [0.29, 0.717) is 18.8 Å². The topological polar surface area (TPSA) is 81.7 Å². The van der Waals surface area contributed by atoms with Crippen LogP contribution in [0.2, 0.25) is 0 Å². The van der Waals surface area contributed by atoms with E-state index in [1.807, 2.05) is 0 Å². The lowest BCUT2D eigenvalue weighted by atomic mass is 9.60. The fraction of sp³-hybridized carbons (Fsp3) is 0.562. The third kappa shape index (κ3) is 3.13. The highest BCUT2D eigenvalue weighted by atomic mass is 32.2. The molecule has 1 saturated heterocycles. The zero-order chi connectivity index (χ0) is 16.5. The second-order valence-electron chi connectivity index (χ2n) is 6.20. The summed E-state index contributed by atoms with van der Waals surface area (Å²) in [5, 5.41) is 0. The van der Waals surface area contributed by atoms with Crippen molar-refractivity contribution in [2.24, 2.45) is 5.41 Å². The fourth-order valence-electron chi connectivity index (χ4n) is 3.40. The summed E-state index contributed by atoms with van der Waals surface area (Å²) < 4.78 is 37.9. The molecule has 1 aromatic carbocycles. The number of carbonyl (C=O) groups is 1. The predicted octanol–water partition coefficient (Wildman–Crippen LogP) is 1.71. The number of esters is 1. The molecule has 0 radical (unpaired) electrons. The third-order valence-corrected chi connectivity index (χ3v) is 6.53. The minimum Gasteiger partial charge on any atom is -0.465 e. The summed E-state index contributed by atoms with van der Waals surface area (Å²) in [6.45, 7) is 1.40. The molecule has 23 heavy (non-hydrogen) atoms. The van der Waals surface area contributed by atoms with E-state index < -0.39 is 16.0 Å². The molecule has 0 amide bonds. The van der Waals surface area contributed by atoms with Crippen molar-refractivity contribution in [3.63, 3.8) is 0 Å². The van der Waals surface area contributed by atoms with Crippen molar-refractivity contribution in [1.29, 1.82) is 0 Å². The van der Waals surface area contributed by atoms with E-state index in [0.717, 1.165) is 25.7 Å². The maximum absolute atomic E-state index is 12.6. The van der Waals surface area contributed by atoms with Crippen LogP contribution in [-0.2, 0) is 19.5 Å². The lowest BCUT2D eigenvalue weighted by molar-refractivity contribution is -0.0483. The Morgan fingerprint density at radius 2 is 1.87 bits per heavy atom. The summed E-state index contributed by atoms with van der Waals surface area (Å²) in [5.41, 5.74) is 0.382. The molecule has 1 aliphatic carbocycles. The number of methoxy groups -OCH3 is 1. The Morgan fingerprint density at radius 1 is 1.22 bits per heavy atom. The van der Waals surface area contributed by atoms with Gasteiger partial charge in [-0.2, -0.15) is 0 Å². The van der Waals surface area contributed by atoms with Gasteiger partial charge in [-0.25, -0.2) is 17.9 Å². The molecule has 2 aliphatic rings. The first-order chi connectivity index (χ1) is 11.0. The molecule has 1 saturated carbocycles. The quantitative estimate of drug-likeness (QED) is 0.845. The van der Waals surface area contributed by atoms with Crippen LogP contribution in [0.25, 0.3) is 0 Å². The van der Waals surface area contributed by atoms with Crippen molar-refractivity contribution >= 4 is 16.0 Å². The number of benzene rings is 1. The van der Waals surface area contributed by atoms with E-state index in [9.17, 15) is 13.2 Å². The van der Waals surface area contributed by atoms with Crippen LogP contribution in [0.4, 0.5) is 0 Å². The van der Waals surface area contributed by atoms with Crippen molar-refractivity contribution in [1.82, 2.24) is 4.72 Å². The van der Waals surface area contributed by atoms with Gasteiger partial charge in [-0.1, -0.05) is 0 Å². The van der Waals surface area contributed by atoms with Crippen LogP contribution in [0.1, 0.15) is 36.0 Å². The monoisotopic (exact) mass is 339 g/mol. The number of sulfonamides is 1. The second kappa shape index (κ2) is 6.22. The van der Waals surface area contributed by atoms with Gasteiger partial charge < -0.3 is 9.47 Å². The van der Waals surface area contributed by atoms with Gasteiger partial charge >= 0.3 is 5.97 Å². The number of rotatable bonds is 4. The average Bonchev–Trinajstić information content (AvgIpc) is 2.59. The molecule has 0 aromatic heterocycles. The molecule has 1 aliphatic heterocycles. The van der Waals surface area contributed by atoms with Crippen LogP contribution in [0, 0.1) is 5.41 Å². The van der Waals surface area contributed by atoms with Gasteiger partial charge in [0, 0.05) is 19.3 Å². The second-order valence-corrected chi connectivity index (χ2v) is 7.92. The minimum absolute atomic E-state index is 0.0308.